The van der Waals surface area contributed by atoms with E-state index in [4.69, 9.17) is 5.11 Å². The fourth-order valence-corrected chi connectivity index (χ4v) is 0.771. The maximum Gasteiger partial charge on any atom is 0.0712 e. The van der Waals surface area contributed by atoms with Gasteiger partial charge in [0.1, 0.15) is 0 Å². The zero-order chi connectivity index (χ0) is 7.98. The van der Waals surface area contributed by atoms with Crippen molar-refractivity contribution >= 4 is 0 Å². The molecule has 1 atom stereocenters. The van der Waals surface area contributed by atoms with Gasteiger partial charge in [-0.3, -0.25) is 0 Å². The first-order chi connectivity index (χ1) is 4.72. The monoisotopic (exact) mass is 142 g/mol. The number of aliphatic hydroxyl groups excluding tert-OH is 1. The van der Waals surface area contributed by atoms with Crippen LogP contribution in [0.4, 0.5) is 0 Å². The van der Waals surface area contributed by atoms with Crippen LogP contribution in [0.15, 0.2) is 12.7 Å². The van der Waals surface area contributed by atoms with Gasteiger partial charge in [0.2, 0.25) is 0 Å². The second-order valence-electron chi connectivity index (χ2n) is 2.22. The Labute approximate surface area is 62.9 Å². The highest BCUT2D eigenvalue weighted by atomic mass is 16.3. The van der Waals surface area contributed by atoms with Gasteiger partial charge in [-0.05, 0) is 13.3 Å². The molecule has 0 amide bonds. The maximum atomic E-state index is 9.10. The van der Waals surface area contributed by atoms with Gasteiger partial charge in [0.25, 0.3) is 0 Å². The zero-order valence-electron chi connectivity index (χ0n) is 6.72. The third-order valence-corrected chi connectivity index (χ3v) is 1.36. The molecule has 2 N–H and O–H groups in total. The third kappa shape index (κ3) is 3.64. The predicted octanol–water partition coefficient (Wildman–Crippen LogP) is 1.08. The van der Waals surface area contributed by atoms with Crippen LogP contribution in [0.25, 0.3) is 0 Å². The van der Waals surface area contributed by atoms with E-state index in [1.807, 2.05) is 6.92 Å². The lowest BCUT2D eigenvalue weighted by atomic mass is 10.1. The van der Waals surface area contributed by atoms with E-state index >= 15 is 0 Å². The number of hydrogen-bond acceptors (Lipinski definition) is 2. The van der Waals surface area contributed by atoms with Crippen molar-refractivity contribution in [3.8, 4) is 0 Å². The lowest BCUT2D eigenvalue weighted by Gasteiger charge is -2.17. The maximum absolute atomic E-state index is 9.10. The highest BCUT2D eigenvalue weighted by molar-refractivity contribution is 4.92. The van der Waals surface area contributed by atoms with Crippen molar-refractivity contribution in [2.45, 2.75) is 26.4 Å². The van der Waals surface area contributed by atoms with E-state index < -0.39 is 0 Å². The topological polar surface area (TPSA) is 32.3 Å². The Bertz CT molecular complexity index is 91.3. The van der Waals surface area contributed by atoms with Crippen molar-refractivity contribution in [2.75, 3.05) is 6.54 Å². The Balaban J connectivity index is 3.49. The third-order valence-electron chi connectivity index (χ3n) is 1.36. The molecule has 0 saturated carbocycles. The first-order valence-electron chi connectivity index (χ1n) is 3.60. The lowest BCUT2D eigenvalue weighted by Crippen LogP contribution is -2.29. The SMILES string of the molecule is C=CCN[C](CC)C(C)O. The van der Waals surface area contributed by atoms with E-state index in [2.05, 4.69) is 11.9 Å². The Kier molecular flexibility index (Phi) is 5.26. The summed E-state index contributed by atoms with van der Waals surface area (Å²) < 4.78 is 0. The molecule has 0 aliphatic carbocycles. The molecule has 0 heterocycles. The Hall–Kier alpha value is -0.340. The summed E-state index contributed by atoms with van der Waals surface area (Å²) in [4.78, 5) is 0. The van der Waals surface area contributed by atoms with Crippen LogP contribution < -0.4 is 5.32 Å². The van der Waals surface area contributed by atoms with Crippen molar-refractivity contribution in [1.82, 2.24) is 5.32 Å². The largest absolute Gasteiger partial charge is 0.391 e. The highest BCUT2D eigenvalue weighted by Crippen LogP contribution is 2.05. The van der Waals surface area contributed by atoms with E-state index in [9.17, 15) is 0 Å². The van der Waals surface area contributed by atoms with Gasteiger partial charge in [-0.25, -0.2) is 0 Å². The fourth-order valence-electron chi connectivity index (χ4n) is 0.771. The molecular formula is C8H16NO. The van der Waals surface area contributed by atoms with Crippen molar-refractivity contribution in [3.05, 3.63) is 18.7 Å². The molecule has 1 unspecified atom stereocenters. The fraction of sp³-hybridized carbons (Fsp3) is 0.625. The van der Waals surface area contributed by atoms with Crippen LogP contribution in [0.5, 0.6) is 0 Å². The van der Waals surface area contributed by atoms with E-state index in [0.717, 1.165) is 19.0 Å². The van der Waals surface area contributed by atoms with Crippen LogP contribution in [0.2, 0.25) is 0 Å². The molecule has 0 aromatic carbocycles. The summed E-state index contributed by atoms with van der Waals surface area (Å²) in [6.45, 7) is 8.07. The van der Waals surface area contributed by atoms with Crippen LogP contribution in [0, 0.1) is 6.04 Å². The quantitative estimate of drug-likeness (QED) is 0.563. The van der Waals surface area contributed by atoms with Crippen LogP contribution >= 0.6 is 0 Å². The van der Waals surface area contributed by atoms with Crippen LogP contribution in [-0.2, 0) is 0 Å². The predicted molar refractivity (Wildman–Crippen MR) is 43.4 cm³/mol. The number of rotatable bonds is 5. The molecule has 0 aliphatic rings. The second kappa shape index (κ2) is 5.45. The molecule has 1 radical (unpaired) electrons. The molecule has 0 fully saturated rings. The van der Waals surface area contributed by atoms with E-state index in [0.29, 0.717) is 0 Å². The summed E-state index contributed by atoms with van der Waals surface area (Å²) in [7, 11) is 0. The van der Waals surface area contributed by atoms with Crippen molar-refractivity contribution in [3.63, 3.8) is 0 Å². The number of nitrogens with one attached hydrogen (secondary N) is 1. The summed E-state index contributed by atoms with van der Waals surface area (Å²) in [6, 6.07) is 0.972. The second-order valence-corrected chi connectivity index (χ2v) is 2.22. The molecule has 0 aromatic heterocycles. The molecular weight excluding hydrogens is 126 g/mol. The molecule has 10 heavy (non-hydrogen) atoms. The van der Waals surface area contributed by atoms with Crippen molar-refractivity contribution in [2.24, 2.45) is 0 Å². The first kappa shape index (κ1) is 9.66. The molecule has 59 valence electrons. The minimum Gasteiger partial charge on any atom is -0.391 e. The smallest absolute Gasteiger partial charge is 0.0712 e. The van der Waals surface area contributed by atoms with Crippen LogP contribution in [-0.4, -0.2) is 17.8 Å². The van der Waals surface area contributed by atoms with Crippen molar-refractivity contribution < 1.29 is 5.11 Å². The Morgan fingerprint density at radius 3 is 2.70 bits per heavy atom. The molecule has 0 aromatic rings. The summed E-state index contributed by atoms with van der Waals surface area (Å²) in [5.41, 5.74) is 0. The number of aliphatic hydroxyl groups is 1. The molecule has 0 aliphatic heterocycles. The molecule has 0 saturated heterocycles. The average Bonchev–Trinajstić information content (AvgIpc) is 1.89. The summed E-state index contributed by atoms with van der Waals surface area (Å²) in [5, 5.41) is 12.2. The van der Waals surface area contributed by atoms with Gasteiger partial charge in [0.05, 0.1) is 12.1 Å². The van der Waals surface area contributed by atoms with Crippen molar-refractivity contribution in [1.29, 1.82) is 0 Å². The van der Waals surface area contributed by atoms with E-state index in [1.165, 1.54) is 0 Å². The van der Waals surface area contributed by atoms with Gasteiger partial charge in [0.15, 0.2) is 0 Å². The van der Waals surface area contributed by atoms with Crippen LogP contribution in [0.1, 0.15) is 20.3 Å². The van der Waals surface area contributed by atoms with Gasteiger partial charge < -0.3 is 10.4 Å². The summed E-state index contributed by atoms with van der Waals surface area (Å²) in [5.74, 6) is 0. The summed E-state index contributed by atoms with van der Waals surface area (Å²) in [6.07, 6.45) is 2.29. The first-order valence-corrected chi connectivity index (χ1v) is 3.60. The molecule has 0 bridgehead atoms. The zero-order valence-corrected chi connectivity index (χ0v) is 6.72. The molecule has 0 rings (SSSR count). The average molecular weight is 142 g/mol. The van der Waals surface area contributed by atoms with Gasteiger partial charge in [-0.1, -0.05) is 13.0 Å². The van der Waals surface area contributed by atoms with E-state index in [1.54, 1.807) is 13.0 Å². The number of hydrogen-bond donors (Lipinski definition) is 2. The minimum atomic E-state index is -0.357. The molecule has 0 spiro atoms. The molecule has 2 nitrogen and oxygen atoms in total. The standard InChI is InChI=1S/C8H16NO/c1-4-6-9-8(5-2)7(3)10/h4,7,9-10H,1,5-6H2,2-3H3. The molecule has 2 heteroatoms. The normalized spacial score (nSPS) is 13.6. The van der Waals surface area contributed by atoms with Gasteiger partial charge in [0, 0.05) is 6.54 Å². The van der Waals surface area contributed by atoms with Gasteiger partial charge in [-0.15, -0.1) is 6.58 Å². The van der Waals surface area contributed by atoms with Gasteiger partial charge >= 0.3 is 0 Å². The summed E-state index contributed by atoms with van der Waals surface area (Å²) >= 11 is 0. The minimum absolute atomic E-state index is 0.357. The lowest BCUT2D eigenvalue weighted by molar-refractivity contribution is 0.190. The van der Waals surface area contributed by atoms with E-state index in [-0.39, 0.29) is 6.10 Å². The Morgan fingerprint density at radius 1 is 1.80 bits per heavy atom. The van der Waals surface area contributed by atoms with Crippen LogP contribution in [0.3, 0.4) is 0 Å². The van der Waals surface area contributed by atoms with Gasteiger partial charge in [-0.2, -0.15) is 0 Å². The highest BCUT2D eigenvalue weighted by Gasteiger charge is 2.10. The Morgan fingerprint density at radius 2 is 2.40 bits per heavy atom.